The molecule has 0 radical (unpaired) electrons. The second-order valence-electron chi connectivity index (χ2n) is 6.09. The van der Waals surface area contributed by atoms with E-state index in [0.29, 0.717) is 11.2 Å². The van der Waals surface area contributed by atoms with Crippen molar-refractivity contribution in [3.8, 4) is 17.0 Å². The number of nitro benzene ring substituents is 1. The molecule has 8 nitrogen and oxygen atoms in total. The van der Waals surface area contributed by atoms with Gasteiger partial charge in [0.25, 0.3) is 11.6 Å². The molecular weight excluding hydrogens is 360 g/mol. The molecule has 0 saturated heterocycles. The van der Waals surface area contributed by atoms with Crippen molar-refractivity contribution < 1.29 is 14.8 Å². The number of phenolic OH excluding ortho intramolecular Hbond substituents is 1. The third-order valence-electron chi connectivity index (χ3n) is 4.23. The zero-order valence-corrected chi connectivity index (χ0v) is 14.4. The number of aromatic nitrogens is 2. The Kier molecular flexibility index (Phi) is 4.21. The van der Waals surface area contributed by atoms with Gasteiger partial charge in [-0.3, -0.25) is 14.9 Å². The Hall–Kier alpha value is -4.20. The van der Waals surface area contributed by atoms with Crippen LogP contribution >= 0.6 is 0 Å². The monoisotopic (exact) mass is 374 g/mol. The van der Waals surface area contributed by atoms with Crippen LogP contribution in [0.25, 0.3) is 16.9 Å². The number of fused-ring (bicyclic) bond motifs is 1. The highest BCUT2D eigenvalue weighted by atomic mass is 16.6. The molecule has 2 aromatic carbocycles. The molecule has 4 aromatic rings. The number of anilines is 1. The summed E-state index contributed by atoms with van der Waals surface area (Å²) in [6.07, 6.45) is 3.59. The fourth-order valence-corrected chi connectivity index (χ4v) is 2.80. The van der Waals surface area contributed by atoms with Crippen LogP contribution < -0.4 is 5.32 Å². The van der Waals surface area contributed by atoms with Crippen LogP contribution in [-0.2, 0) is 0 Å². The number of phenols is 1. The zero-order valence-electron chi connectivity index (χ0n) is 14.4. The molecule has 0 aliphatic carbocycles. The molecule has 0 unspecified atom stereocenters. The van der Waals surface area contributed by atoms with E-state index in [4.69, 9.17) is 0 Å². The van der Waals surface area contributed by atoms with E-state index in [1.807, 2.05) is 40.9 Å². The van der Waals surface area contributed by atoms with Crippen LogP contribution in [0.15, 0.2) is 73.1 Å². The molecule has 0 bridgehead atoms. The highest BCUT2D eigenvalue weighted by molar-refractivity contribution is 6.05. The zero-order chi connectivity index (χ0) is 19.7. The number of non-ortho nitro benzene ring substituents is 1. The second kappa shape index (κ2) is 6.84. The lowest BCUT2D eigenvalue weighted by Gasteiger charge is -2.07. The molecule has 0 fully saturated rings. The number of pyridine rings is 1. The predicted molar refractivity (Wildman–Crippen MR) is 103 cm³/mol. The molecule has 28 heavy (non-hydrogen) atoms. The van der Waals surface area contributed by atoms with Crippen molar-refractivity contribution in [2.24, 2.45) is 0 Å². The fourth-order valence-electron chi connectivity index (χ4n) is 2.80. The summed E-state index contributed by atoms with van der Waals surface area (Å²) in [4.78, 5) is 27.2. The van der Waals surface area contributed by atoms with Gasteiger partial charge in [-0.1, -0.05) is 30.3 Å². The minimum absolute atomic E-state index is 0.0868. The van der Waals surface area contributed by atoms with E-state index in [1.54, 1.807) is 18.3 Å². The predicted octanol–water partition coefficient (Wildman–Crippen LogP) is 3.87. The van der Waals surface area contributed by atoms with E-state index in [1.165, 1.54) is 12.1 Å². The number of benzene rings is 2. The third-order valence-corrected chi connectivity index (χ3v) is 4.23. The van der Waals surface area contributed by atoms with Gasteiger partial charge >= 0.3 is 0 Å². The van der Waals surface area contributed by atoms with E-state index >= 15 is 0 Å². The molecule has 2 heterocycles. The molecule has 0 aliphatic heterocycles. The van der Waals surface area contributed by atoms with Crippen molar-refractivity contribution in [1.29, 1.82) is 0 Å². The van der Waals surface area contributed by atoms with Crippen LogP contribution in [0.3, 0.4) is 0 Å². The summed E-state index contributed by atoms with van der Waals surface area (Å²) in [6, 6.07) is 16.4. The standard InChI is InChI=1S/C20H14N4O4/c25-18-11-15(24(27)28)6-7-16(18)22-20(26)14-8-9-23-12-17(21-19(23)10-14)13-4-2-1-3-5-13/h1-12,25H,(H,22,26). The number of nitrogens with one attached hydrogen (secondary N) is 1. The first kappa shape index (κ1) is 17.2. The smallest absolute Gasteiger partial charge is 0.273 e. The molecule has 0 aliphatic rings. The number of hydrogen-bond donors (Lipinski definition) is 2. The maximum atomic E-state index is 12.5. The average Bonchev–Trinajstić information content (AvgIpc) is 3.13. The summed E-state index contributed by atoms with van der Waals surface area (Å²) in [5, 5.41) is 23.2. The van der Waals surface area contributed by atoms with Crippen LogP contribution in [0.5, 0.6) is 5.75 Å². The number of aromatic hydroxyl groups is 1. The van der Waals surface area contributed by atoms with Gasteiger partial charge in [0.2, 0.25) is 0 Å². The molecule has 1 amide bonds. The minimum atomic E-state index is -0.623. The van der Waals surface area contributed by atoms with Crippen LogP contribution in [0, 0.1) is 10.1 Å². The highest BCUT2D eigenvalue weighted by Crippen LogP contribution is 2.28. The van der Waals surface area contributed by atoms with Crippen molar-refractivity contribution in [2.75, 3.05) is 5.32 Å². The van der Waals surface area contributed by atoms with E-state index in [9.17, 15) is 20.0 Å². The lowest BCUT2D eigenvalue weighted by molar-refractivity contribution is -0.384. The Balaban J connectivity index is 1.60. The summed E-state index contributed by atoms with van der Waals surface area (Å²) in [5.74, 6) is -0.841. The van der Waals surface area contributed by atoms with Crippen molar-refractivity contribution >= 4 is 22.9 Å². The van der Waals surface area contributed by atoms with Crippen molar-refractivity contribution in [3.63, 3.8) is 0 Å². The normalized spacial score (nSPS) is 10.7. The number of nitrogens with zero attached hydrogens (tertiary/aromatic N) is 3. The molecule has 138 valence electrons. The number of nitro groups is 1. The van der Waals surface area contributed by atoms with E-state index < -0.39 is 10.8 Å². The van der Waals surface area contributed by atoms with Gasteiger partial charge in [-0.2, -0.15) is 0 Å². The van der Waals surface area contributed by atoms with Crippen molar-refractivity contribution in [1.82, 2.24) is 9.38 Å². The Morgan fingerprint density at radius 2 is 1.89 bits per heavy atom. The number of imidazole rings is 1. The maximum absolute atomic E-state index is 12.5. The molecule has 2 aromatic heterocycles. The average molecular weight is 374 g/mol. The summed E-state index contributed by atoms with van der Waals surface area (Å²) >= 11 is 0. The van der Waals surface area contributed by atoms with Gasteiger partial charge < -0.3 is 14.8 Å². The number of rotatable bonds is 4. The number of hydrogen-bond acceptors (Lipinski definition) is 5. The summed E-state index contributed by atoms with van der Waals surface area (Å²) in [6.45, 7) is 0. The maximum Gasteiger partial charge on any atom is 0.273 e. The van der Waals surface area contributed by atoms with Gasteiger partial charge in [0.1, 0.15) is 11.4 Å². The third kappa shape index (κ3) is 3.26. The first-order valence-electron chi connectivity index (χ1n) is 8.34. The summed E-state index contributed by atoms with van der Waals surface area (Å²) in [5.41, 5.74) is 2.51. The number of carbonyl (C=O) groups excluding carboxylic acids is 1. The second-order valence-corrected chi connectivity index (χ2v) is 6.09. The van der Waals surface area contributed by atoms with Gasteiger partial charge in [0.15, 0.2) is 0 Å². The topological polar surface area (TPSA) is 110 Å². The van der Waals surface area contributed by atoms with Crippen LogP contribution in [0.4, 0.5) is 11.4 Å². The van der Waals surface area contributed by atoms with Crippen molar-refractivity contribution in [2.45, 2.75) is 0 Å². The quantitative estimate of drug-likeness (QED) is 0.320. The summed E-state index contributed by atoms with van der Waals surface area (Å²) < 4.78 is 1.81. The Morgan fingerprint density at radius 3 is 2.61 bits per heavy atom. The molecule has 0 atom stereocenters. The summed E-state index contributed by atoms with van der Waals surface area (Å²) in [7, 11) is 0. The lowest BCUT2D eigenvalue weighted by atomic mass is 10.2. The van der Waals surface area contributed by atoms with E-state index in [-0.39, 0.29) is 17.1 Å². The molecular formula is C20H14N4O4. The molecule has 0 saturated carbocycles. The number of amides is 1. The highest BCUT2D eigenvalue weighted by Gasteiger charge is 2.14. The van der Waals surface area contributed by atoms with Gasteiger partial charge in [-0.05, 0) is 18.2 Å². The first-order valence-corrected chi connectivity index (χ1v) is 8.34. The number of carbonyl (C=O) groups is 1. The first-order chi connectivity index (χ1) is 13.5. The Morgan fingerprint density at radius 1 is 1.11 bits per heavy atom. The lowest BCUT2D eigenvalue weighted by Crippen LogP contribution is -2.12. The SMILES string of the molecule is O=C(Nc1ccc([N+](=O)[O-])cc1O)c1ccn2cc(-c3ccccc3)nc2c1. The van der Waals surface area contributed by atoms with Gasteiger partial charge in [-0.15, -0.1) is 0 Å². The molecule has 8 heteroatoms. The van der Waals surface area contributed by atoms with Crippen LogP contribution in [-0.4, -0.2) is 25.3 Å². The molecule has 2 N–H and O–H groups in total. The molecule has 4 rings (SSSR count). The van der Waals surface area contributed by atoms with E-state index in [0.717, 1.165) is 17.3 Å². The fraction of sp³-hybridized carbons (Fsp3) is 0. The van der Waals surface area contributed by atoms with Crippen LogP contribution in [0.2, 0.25) is 0 Å². The Labute approximate surface area is 158 Å². The Bertz CT molecular complexity index is 1200. The van der Waals surface area contributed by atoms with Gasteiger partial charge in [0.05, 0.1) is 22.4 Å². The largest absolute Gasteiger partial charge is 0.506 e. The van der Waals surface area contributed by atoms with Gasteiger partial charge in [-0.25, -0.2) is 4.98 Å². The minimum Gasteiger partial charge on any atom is -0.506 e. The van der Waals surface area contributed by atoms with Gasteiger partial charge in [0, 0.05) is 29.6 Å². The van der Waals surface area contributed by atoms with Crippen molar-refractivity contribution in [3.05, 3.63) is 88.7 Å². The molecule has 0 spiro atoms. The van der Waals surface area contributed by atoms with Crippen LogP contribution in [0.1, 0.15) is 10.4 Å². The van der Waals surface area contributed by atoms with E-state index in [2.05, 4.69) is 10.3 Å².